The molecule has 0 aliphatic carbocycles. The maximum Gasteiger partial charge on any atom is 0.255 e. The monoisotopic (exact) mass is 372 g/mol. The Morgan fingerprint density at radius 3 is 2.46 bits per heavy atom. The van der Waals surface area contributed by atoms with Crippen molar-refractivity contribution in [1.82, 2.24) is 9.97 Å². The largest absolute Gasteiger partial charge is 0.370 e. The average molecular weight is 372 g/mol. The average Bonchev–Trinajstić information content (AvgIpc) is 2.69. The number of hydrogen-bond donors (Lipinski definition) is 3. The molecule has 0 atom stereocenters. The number of nitrogens with one attached hydrogen (secondary N) is 3. The van der Waals surface area contributed by atoms with Gasteiger partial charge in [-0.3, -0.25) is 4.79 Å². The zero-order valence-electron chi connectivity index (χ0n) is 15.7. The summed E-state index contributed by atoms with van der Waals surface area (Å²) in [5.74, 6) is 1.86. The molecular formula is C21H20N6O. The lowest BCUT2D eigenvalue weighted by atomic mass is 10.1. The molecule has 0 fully saturated rings. The van der Waals surface area contributed by atoms with E-state index in [0.717, 1.165) is 18.1 Å². The number of nitrogens with zero attached hydrogens (tertiary/aromatic N) is 3. The summed E-state index contributed by atoms with van der Waals surface area (Å²) >= 11 is 0. The van der Waals surface area contributed by atoms with Crippen LogP contribution in [0.3, 0.4) is 0 Å². The fourth-order valence-electron chi connectivity index (χ4n) is 2.62. The number of nitriles is 1. The Balaban J connectivity index is 1.68. The Labute approximate surface area is 163 Å². The Morgan fingerprint density at radius 2 is 1.75 bits per heavy atom. The highest BCUT2D eigenvalue weighted by Gasteiger charge is 2.07. The fourth-order valence-corrected chi connectivity index (χ4v) is 2.62. The minimum Gasteiger partial charge on any atom is -0.370 e. The lowest BCUT2D eigenvalue weighted by Crippen LogP contribution is -2.11. The second kappa shape index (κ2) is 8.64. The molecule has 0 saturated heterocycles. The summed E-state index contributed by atoms with van der Waals surface area (Å²) in [5.41, 5.74) is 2.38. The molecule has 1 heterocycles. The summed E-state index contributed by atoms with van der Waals surface area (Å²) in [7, 11) is 0. The van der Waals surface area contributed by atoms with Crippen LogP contribution in [0.5, 0.6) is 0 Å². The Hall–Kier alpha value is -3.92. The Morgan fingerprint density at radius 1 is 1.04 bits per heavy atom. The molecule has 0 aliphatic rings. The quantitative estimate of drug-likeness (QED) is 0.602. The number of anilines is 4. The van der Waals surface area contributed by atoms with E-state index < -0.39 is 0 Å². The highest BCUT2D eigenvalue weighted by Crippen LogP contribution is 2.20. The third kappa shape index (κ3) is 4.83. The van der Waals surface area contributed by atoms with E-state index in [-0.39, 0.29) is 5.91 Å². The first kappa shape index (κ1) is 18.9. The van der Waals surface area contributed by atoms with Crippen molar-refractivity contribution in [2.45, 2.75) is 13.8 Å². The van der Waals surface area contributed by atoms with Gasteiger partial charge in [-0.05, 0) is 56.3 Å². The summed E-state index contributed by atoms with van der Waals surface area (Å²) in [6.07, 6.45) is 0. The molecule has 3 aromatic rings. The highest BCUT2D eigenvalue weighted by molar-refractivity contribution is 6.04. The number of amides is 1. The van der Waals surface area contributed by atoms with Gasteiger partial charge < -0.3 is 16.0 Å². The molecule has 0 radical (unpaired) electrons. The molecule has 1 amide bonds. The second-order valence-electron chi connectivity index (χ2n) is 6.07. The minimum absolute atomic E-state index is 0.264. The molecular weight excluding hydrogens is 352 g/mol. The van der Waals surface area contributed by atoms with Gasteiger partial charge in [-0.2, -0.15) is 5.26 Å². The fraction of sp³-hybridized carbons (Fsp3) is 0.143. The summed E-state index contributed by atoms with van der Waals surface area (Å²) in [4.78, 5) is 21.0. The third-order valence-corrected chi connectivity index (χ3v) is 3.86. The summed E-state index contributed by atoms with van der Waals surface area (Å²) in [6, 6.07) is 17.8. The lowest BCUT2D eigenvalue weighted by Gasteiger charge is -2.10. The number of aryl methyl sites for hydroxylation is 1. The maximum absolute atomic E-state index is 12.3. The zero-order chi connectivity index (χ0) is 19.9. The van der Waals surface area contributed by atoms with Crippen molar-refractivity contribution in [3.05, 3.63) is 71.5 Å². The summed E-state index contributed by atoms with van der Waals surface area (Å²) in [6.45, 7) is 4.63. The van der Waals surface area contributed by atoms with E-state index >= 15 is 0 Å². The van der Waals surface area contributed by atoms with E-state index in [1.807, 2.05) is 38.1 Å². The van der Waals surface area contributed by atoms with E-state index in [4.69, 9.17) is 5.26 Å². The van der Waals surface area contributed by atoms with Gasteiger partial charge in [0.1, 0.15) is 17.5 Å². The SMILES string of the molecule is CCNc1cc(Nc2ccc(NC(=O)c3cccc(C#N)c3)cc2)nc(C)n1. The predicted molar refractivity (Wildman–Crippen MR) is 110 cm³/mol. The van der Waals surface area contributed by atoms with Gasteiger partial charge >= 0.3 is 0 Å². The molecule has 0 unspecified atom stereocenters. The van der Waals surface area contributed by atoms with Crippen LogP contribution in [0.15, 0.2) is 54.6 Å². The van der Waals surface area contributed by atoms with Crippen molar-refractivity contribution < 1.29 is 4.79 Å². The lowest BCUT2D eigenvalue weighted by molar-refractivity contribution is 0.102. The Kier molecular flexibility index (Phi) is 5.82. The number of aromatic nitrogens is 2. The third-order valence-electron chi connectivity index (χ3n) is 3.86. The Bertz CT molecular complexity index is 1020. The van der Waals surface area contributed by atoms with Crippen LogP contribution < -0.4 is 16.0 Å². The molecule has 0 aliphatic heterocycles. The van der Waals surface area contributed by atoms with Gasteiger partial charge in [0.2, 0.25) is 0 Å². The maximum atomic E-state index is 12.3. The van der Waals surface area contributed by atoms with Crippen LogP contribution in [0, 0.1) is 18.3 Å². The van der Waals surface area contributed by atoms with Crippen molar-refractivity contribution in [2.75, 3.05) is 22.5 Å². The molecule has 28 heavy (non-hydrogen) atoms. The molecule has 0 spiro atoms. The van der Waals surface area contributed by atoms with Crippen molar-refractivity contribution in [1.29, 1.82) is 5.26 Å². The summed E-state index contributed by atoms with van der Waals surface area (Å²) < 4.78 is 0. The number of hydrogen-bond acceptors (Lipinski definition) is 6. The molecule has 2 aromatic carbocycles. The second-order valence-corrected chi connectivity index (χ2v) is 6.07. The van der Waals surface area contributed by atoms with Crippen LogP contribution in [0.2, 0.25) is 0 Å². The van der Waals surface area contributed by atoms with Crippen molar-refractivity contribution in [3.8, 4) is 6.07 Å². The van der Waals surface area contributed by atoms with E-state index in [1.54, 1.807) is 36.4 Å². The molecule has 1 aromatic heterocycles. The van der Waals surface area contributed by atoms with Gasteiger partial charge in [0.15, 0.2) is 0 Å². The van der Waals surface area contributed by atoms with Crippen molar-refractivity contribution >= 4 is 28.9 Å². The van der Waals surface area contributed by atoms with E-state index in [2.05, 4.69) is 25.9 Å². The van der Waals surface area contributed by atoms with E-state index in [0.29, 0.717) is 28.5 Å². The summed E-state index contributed by atoms with van der Waals surface area (Å²) in [5, 5.41) is 18.2. The number of carbonyl (C=O) groups is 1. The van der Waals surface area contributed by atoms with Crippen LogP contribution in [0.4, 0.5) is 23.0 Å². The molecule has 3 rings (SSSR count). The van der Waals surface area contributed by atoms with Crippen LogP contribution >= 0.6 is 0 Å². The van der Waals surface area contributed by atoms with Gasteiger partial charge in [-0.25, -0.2) is 9.97 Å². The van der Waals surface area contributed by atoms with Gasteiger partial charge in [-0.1, -0.05) is 6.07 Å². The van der Waals surface area contributed by atoms with Crippen LogP contribution in [0.25, 0.3) is 0 Å². The van der Waals surface area contributed by atoms with Crippen LogP contribution in [-0.4, -0.2) is 22.4 Å². The van der Waals surface area contributed by atoms with Crippen LogP contribution in [0.1, 0.15) is 28.7 Å². The van der Waals surface area contributed by atoms with Crippen molar-refractivity contribution in [3.63, 3.8) is 0 Å². The molecule has 0 bridgehead atoms. The smallest absolute Gasteiger partial charge is 0.255 e. The zero-order valence-corrected chi connectivity index (χ0v) is 15.7. The minimum atomic E-state index is -0.264. The van der Waals surface area contributed by atoms with E-state index in [1.165, 1.54) is 0 Å². The van der Waals surface area contributed by atoms with Gasteiger partial charge in [0.05, 0.1) is 11.6 Å². The molecule has 7 nitrogen and oxygen atoms in total. The van der Waals surface area contributed by atoms with Gasteiger partial charge in [0, 0.05) is 29.5 Å². The number of rotatable bonds is 6. The molecule has 0 saturated carbocycles. The highest BCUT2D eigenvalue weighted by atomic mass is 16.1. The van der Waals surface area contributed by atoms with Crippen LogP contribution in [-0.2, 0) is 0 Å². The van der Waals surface area contributed by atoms with Crippen molar-refractivity contribution in [2.24, 2.45) is 0 Å². The predicted octanol–water partition coefficient (Wildman–Crippen LogP) is 4.08. The normalized spacial score (nSPS) is 10.0. The first-order valence-electron chi connectivity index (χ1n) is 8.85. The van der Waals surface area contributed by atoms with Gasteiger partial charge in [0.25, 0.3) is 5.91 Å². The molecule has 7 heteroatoms. The molecule has 3 N–H and O–H groups in total. The van der Waals surface area contributed by atoms with Gasteiger partial charge in [-0.15, -0.1) is 0 Å². The van der Waals surface area contributed by atoms with E-state index in [9.17, 15) is 4.79 Å². The first-order valence-corrected chi connectivity index (χ1v) is 8.85. The first-order chi connectivity index (χ1) is 13.6. The number of benzene rings is 2. The standard InChI is InChI=1S/C21H20N6O/c1-3-23-19-12-20(25-14(2)24-19)26-17-7-9-18(10-8-17)27-21(28)16-6-4-5-15(11-16)13-22/h4-12H,3H2,1-2H3,(H,27,28)(H2,23,24,25,26). The number of carbonyl (C=O) groups excluding carboxylic acids is 1. The topological polar surface area (TPSA) is 103 Å². The molecule has 140 valence electrons.